The van der Waals surface area contributed by atoms with Crippen LogP contribution in [0.1, 0.15) is 52.4 Å². The van der Waals surface area contributed by atoms with Crippen molar-refractivity contribution in [3.05, 3.63) is 0 Å². The molecule has 1 aliphatic carbocycles. The molecule has 0 amide bonds. The van der Waals surface area contributed by atoms with E-state index in [4.69, 9.17) is 4.74 Å². The molecule has 0 aromatic heterocycles. The fourth-order valence-electron chi connectivity index (χ4n) is 1.88. The molecule has 0 unspecified atom stereocenters. The number of rotatable bonds is 9. The maximum absolute atomic E-state index is 5.07. The largest absolute Gasteiger partial charge is 0.385 e. The zero-order valence-corrected chi connectivity index (χ0v) is 10.6. The Hall–Kier alpha value is -0.0800. The van der Waals surface area contributed by atoms with Gasteiger partial charge in [-0.3, -0.25) is 0 Å². The summed E-state index contributed by atoms with van der Waals surface area (Å²) in [6.45, 7) is 6.88. The summed E-state index contributed by atoms with van der Waals surface area (Å²) in [7, 11) is 1.78. The molecule has 1 saturated carbocycles. The summed E-state index contributed by atoms with van der Waals surface area (Å²) in [5, 5.41) is 3.59. The van der Waals surface area contributed by atoms with Crippen molar-refractivity contribution in [3.63, 3.8) is 0 Å². The van der Waals surface area contributed by atoms with Gasteiger partial charge in [-0.15, -0.1) is 0 Å². The van der Waals surface area contributed by atoms with E-state index in [1.54, 1.807) is 7.11 Å². The Morgan fingerprint density at radius 3 is 2.53 bits per heavy atom. The minimum atomic E-state index is 0.496. The van der Waals surface area contributed by atoms with Gasteiger partial charge in [0.05, 0.1) is 0 Å². The molecule has 1 N–H and O–H groups in total. The lowest BCUT2D eigenvalue weighted by atomic mass is 9.84. The van der Waals surface area contributed by atoms with Gasteiger partial charge in [-0.2, -0.15) is 0 Å². The molecule has 0 aromatic rings. The van der Waals surface area contributed by atoms with Crippen molar-refractivity contribution in [3.8, 4) is 0 Å². The Morgan fingerprint density at radius 1 is 1.20 bits per heavy atom. The van der Waals surface area contributed by atoms with Gasteiger partial charge >= 0.3 is 0 Å². The smallest absolute Gasteiger partial charge is 0.0462 e. The quantitative estimate of drug-likeness (QED) is 0.595. The second kappa shape index (κ2) is 6.49. The third-order valence-electron chi connectivity index (χ3n) is 3.26. The van der Waals surface area contributed by atoms with E-state index in [0.29, 0.717) is 5.41 Å². The fraction of sp³-hybridized carbons (Fsp3) is 1.00. The second-order valence-corrected chi connectivity index (χ2v) is 5.59. The van der Waals surface area contributed by atoms with Crippen LogP contribution in [0, 0.1) is 5.41 Å². The number of unbranched alkanes of at least 4 members (excludes halogenated alkanes) is 1. The maximum Gasteiger partial charge on any atom is 0.0462 e. The lowest BCUT2D eigenvalue weighted by Crippen LogP contribution is -2.24. The molecule has 0 heterocycles. The third-order valence-corrected chi connectivity index (χ3v) is 3.26. The summed E-state index contributed by atoms with van der Waals surface area (Å²) in [5.74, 6) is 0. The van der Waals surface area contributed by atoms with Crippen molar-refractivity contribution in [2.75, 3.05) is 20.3 Å². The Morgan fingerprint density at radius 2 is 1.93 bits per heavy atom. The van der Waals surface area contributed by atoms with Crippen LogP contribution in [-0.2, 0) is 4.74 Å². The highest BCUT2D eigenvalue weighted by Crippen LogP contribution is 2.27. The molecule has 0 aliphatic heterocycles. The third kappa shape index (κ3) is 6.91. The summed E-state index contributed by atoms with van der Waals surface area (Å²) < 4.78 is 5.07. The topological polar surface area (TPSA) is 21.3 Å². The zero-order valence-electron chi connectivity index (χ0n) is 10.6. The Bertz CT molecular complexity index is 164. The Balaban J connectivity index is 1.96. The Kier molecular flexibility index (Phi) is 5.62. The van der Waals surface area contributed by atoms with E-state index in [2.05, 4.69) is 19.2 Å². The molecular weight excluding hydrogens is 186 g/mol. The van der Waals surface area contributed by atoms with E-state index < -0.39 is 0 Å². The van der Waals surface area contributed by atoms with E-state index in [-0.39, 0.29) is 0 Å². The highest BCUT2D eigenvalue weighted by atomic mass is 16.5. The molecule has 1 rings (SSSR count). The predicted octanol–water partition coefficient (Wildman–Crippen LogP) is 2.97. The molecule has 90 valence electrons. The first-order valence-corrected chi connectivity index (χ1v) is 6.36. The second-order valence-electron chi connectivity index (χ2n) is 5.59. The van der Waals surface area contributed by atoms with Crippen LogP contribution in [0.25, 0.3) is 0 Å². The number of hydrogen-bond acceptors (Lipinski definition) is 2. The summed E-state index contributed by atoms with van der Waals surface area (Å²) in [4.78, 5) is 0. The molecule has 2 heteroatoms. The van der Waals surface area contributed by atoms with Gasteiger partial charge in [0, 0.05) is 19.8 Å². The molecule has 0 spiro atoms. The highest BCUT2D eigenvalue weighted by molar-refractivity contribution is 4.81. The minimum absolute atomic E-state index is 0.496. The summed E-state index contributed by atoms with van der Waals surface area (Å²) in [5.41, 5.74) is 0.496. The normalized spacial score (nSPS) is 17.0. The number of nitrogens with one attached hydrogen (secondary N) is 1. The van der Waals surface area contributed by atoms with Crippen LogP contribution >= 0.6 is 0 Å². The first-order valence-electron chi connectivity index (χ1n) is 6.36. The van der Waals surface area contributed by atoms with E-state index in [1.807, 2.05) is 0 Å². The van der Waals surface area contributed by atoms with E-state index in [9.17, 15) is 0 Å². The molecule has 0 saturated heterocycles. The lowest BCUT2D eigenvalue weighted by Gasteiger charge is -2.24. The SMILES string of the molecule is COCCCCC(C)(C)CCNC1CC1. The fourth-order valence-corrected chi connectivity index (χ4v) is 1.88. The molecule has 2 nitrogen and oxygen atoms in total. The van der Waals surface area contributed by atoms with E-state index >= 15 is 0 Å². The van der Waals surface area contributed by atoms with Crippen LogP contribution in [0.3, 0.4) is 0 Å². The number of hydrogen-bond donors (Lipinski definition) is 1. The molecular formula is C13H27NO. The molecule has 1 aliphatic rings. The van der Waals surface area contributed by atoms with Crippen molar-refractivity contribution in [1.82, 2.24) is 5.32 Å². The average Bonchev–Trinajstić information content (AvgIpc) is 2.96. The first kappa shape index (κ1) is 13.0. The van der Waals surface area contributed by atoms with Gasteiger partial charge in [0.15, 0.2) is 0 Å². The van der Waals surface area contributed by atoms with Gasteiger partial charge in [0.2, 0.25) is 0 Å². The van der Waals surface area contributed by atoms with Crippen molar-refractivity contribution in [2.45, 2.75) is 58.4 Å². The van der Waals surface area contributed by atoms with Gasteiger partial charge in [0.25, 0.3) is 0 Å². The standard InChI is InChI=1S/C13H27NO/c1-13(2,8-4-5-11-15-3)9-10-14-12-6-7-12/h12,14H,4-11H2,1-3H3. The molecule has 0 aromatic carbocycles. The average molecular weight is 213 g/mol. The number of methoxy groups -OCH3 is 1. The van der Waals surface area contributed by atoms with Gasteiger partial charge in [-0.1, -0.05) is 20.3 Å². The zero-order chi connectivity index (χ0) is 11.1. The Labute approximate surface area is 94.8 Å². The van der Waals surface area contributed by atoms with E-state index in [1.165, 1.54) is 45.1 Å². The van der Waals surface area contributed by atoms with Crippen LogP contribution in [0.5, 0.6) is 0 Å². The van der Waals surface area contributed by atoms with Crippen LogP contribution in [-0.4, -0.2) is 26.3 Å². The summed E-state index contributed by atoms with van der Waals surface area (Å²) in [6.07, 6.45) is 7.92. The van der Waals surface area contributed by atoms with Crippen LogP contribution in [0.2, 0.25) is 0 Å². The summed E-state index contributed by atoms with van der Waals surface area (Å²) >= 11 is 0. The van der Waals surface area contributed by atoms with Gasteiger partial charge in [-0.05, 0) is 44.1 Å². The van der Waals surface area contributed by atoms with Crippen LogP contribution in [0.4, 0.5) is 0 Å². The van der Waals surface area contributed by atoms with Crippen molar-refractivity contribution in [2.24, 2.45) is 5.41 Å². The van der Waals surface area contributed by atoms with Crippen molar-refractivity contribution >= 4 is 0 Å². The summed E-state index contributed by atoms with van der Waals surface area (Å²) in [6, 6.07) is 0.856. The number of ether oxygens (including phenoxy) is 1. The van der Waals surface area contributed by atoms with Crippen molar-refractivity contribution in [1.29, 1.82) is 0 Å². The molecule has 0 bridgehead atoms. The first-order chi connectivity index (χ1) is 7.14. The predicted molar refractivity (Wildman–Crippen MR) is 65.1 cm³/mol. The molecule has 15 heavy (non-hydrogen) atoms. The monoisotopic (exact) mass is 213 g/mol. The molecule has 1 fully saturated rings. The van der Waals surface area contributed by atoms with Gasteiger partial charge < -0.3 is 10.1 Å². The molecule has 0 radical (unpaired) electrons. The van der Waals surface area contributed by atoms with Crippen LogP contribution in [0.15, 0.2) is 0 Å². The van der Waals surface area contributed by atoms with Crippen molar-refractivity contribution < 1.29 is 4.74 Å². The maximum atomic E-state index is 5.07. The minimum Gasteiger partial charge on any atom is -0.385 e. The highest BCUT2D eigenvalue weighted by Gasteiger charge is 2.22. The lowest BCUT2D eigenvalue weighted by molar-refractivity contribution is 0.184. The van der Waals surface area contributed by atoms with Gasteiger partial charge in [-0.25, -0.2) is 0 Å². The van der Waals surface area contributed by atoms with Crippen LogP contribution < -0.4 is 5.32 Å². The van der Waals surface area contributed by atoms with E-state index in [0.717, 1.165) is 12.6 Å². The van der Waals surface area contributed by atoms with Gasteiger partial charge in [0.1, 0.15) is 0 Å². The molecule has 0 atom stereocenters.